The van der Waals surface area contributed by atoms with Crippen LogP contribution in [-0.4, -0.2) is 0 Å². The van der Waals surface area contributed by atoms with Crippen LogP contribution in [0.15, 0.2) is 51.3 Å². The molecule has 2 rings (SSSR count). The number of hydrogen-bond donors (Lipinski definition) is 8. The molecule has 0 saturated carbocycles. The van der Waals surface area contributed by atoms with Crippen molar-refractivity contribution >= 4 is 101 Å². The molecule has 0 aliphatic carbocycles. The minimum Gasteiger partial charge on any atom is -0.289 e. The summed E-state index contributed by atoms with van der Waals surface area (Å²) in [5, 5.41) is 0. The molecule has 0 unspecified atom stereocenters. The van der Waals surface area contributed by atoms with Gasteiger partial charge in [0.05, 0.1) is 9.79 Å². The quantitative estimate of drug-likeness (QED) is 0.186. The van der Waals surface area contributed by atoms with E-state index in [2.05, 4.69) is 101 Å². The lowest BCUT2D eigenvalue weighted by molar-refractivity contribution is -0.106. The Morgan fingerprint density at radius 2 is 0.773 bits per heavy atom. The molecule has 0 bridgehead atoms. The van der Waals surface area contributed by atoms with Crippen molar-refractivity contribution in [3.8, 4) is 11.5 Å². The van der Waals surface area contributed by atoms with Gasteiger partial charge in [0.25, 0.3) is 0 Å². The lowest BCUT2D eigenvalue weighted by Gasteiger charge is -2.14. The van der Waals surface area contributed by atoms with Gasteiger partial charge in [-0.1, -0.05) is 0 Å². The molecule has 0 saturated heterocycles. The third kappa shape index (κ3) is 3.90. The van der Waals surface area contributed by atoms with E-state index in [0.717, 1.165) is 0 Å². The molecule has 0 spiro atoms. The van der Waals surface area contributed by atoms with Gasteiger partial charge >= 0.3 is 0 Å². The van der Waals surface area contributed by atoms with Crippen LogP contribution in [0.3, 0.4) is 0 Å². The van der Waals surface area contributed by atoms with Gasteiger partial charge in [0.15, 0.2) is 11.5 Å². The van der Waals surface area contributed by atoms with Crippen LogP contribution in [0.1, 0.15) is 0 Å². The minimum absolute atomic E-state index is 0.347. The number of thiol groups is 8. The molecule has 0 aromatic heterocycles. The Hall–Kier alpha value is 0.840. The van der Waals surface area contributed by atoms with E-state index in [9.17, 15) is 0 Å². The van der Waals surface area contributed by atoms with Gasteiger partial charge in [-0.25, -0.2) is 0 Å². The highest BCUT2D eigenvalue weighted by Crippen LogP contribution is 2.40. The first-order valence-corrected chi connectivity index (χ1v) is 9.10. The first-order chi connectivity index (χ1) is 10.2. The second kappa shape index (κ2) is 7.81. The molecular formula is C12H10O2S8. The van der Waals surface area contributed by atoms with Gasteiger partial charge in [-0.3, -0.25) is 9.78 Å². The number of rotatable bonds is 3. The molecule has 22 heavy (non-hydrogen) atoms. The van der Waals surface area contributed by atoms with E-state index in [1.54, 1.807) is 12.1 Å². The summed E-state index contributed by atoms with van der Waals surface area (Å²) in [6, 6.07) is 3.25. The highest BCUT2D eigenvalue weighted by atomic mass is 32.1. The van der Waals surface area contributed by atoms with E-state index in [1.165, 1.54) is 0 Å². The Morgan fingerprint density at radius 1 is 0.455 bits per heavy atom. The summed E-state index contributed by atoms with van der Waals surface area (Å²) >= 11 is 34.4. The van der Waals surface area contributed by atoms with Gasteiger partial charge in [0.1, 0.15) is 0 Å². The predicted molar refractivity (Wildman–Crippen MR) is 112 cm³/mol. The van der Waals surface area contributed by atoms with Crippen LogP contribution >= 0.6 is 101 Å². The van der Waals surface area contributed by atoms with E-state index >= 15 is 0 Å². The van der Waals surface area contributed by atoms with E-state index in [-0.39, 0.29) is 0 Å². The molecule has 0 atom stereocenters. The van der Waals surface area contributed by atoms with Crippen LogP contribution in [0.5, 0.6) is 11.5 Å². The van der Waals surface area contributed by atoms with Crippen LogP contribution in [0.4, 0.5) is 0 Å². The normalized spacial score (nSPS) is 10.7. The average molecular weight is 443 g/mol. The smallest absolute Gasteiger partial charge is 0.194 e. The van der Waals surface area contributed by atoms with Crippen LogP contribution in [0.25, 0.3) is 0 Å². The molecule has 0 aliphatic rings. The van der Waals surface area contributed by atoms with Gasteiger partial charge < -0.3 is 0 Å². The maximum Gasteiger partial charge on any atom is 0.194 e. The summed E-state index contributed by atoms with van der Waals surface area (Å²) in [6.45, 7) is 0. The molecule has 2 nitrogen and oxygen atoms in total. The third-order valence-electron chi connectivity index (χ3n) is 2.61. The minimum atomic E-state index is 0.347. The topological polar surface area (TPSA) is 18.5 Å². The summed E-state index contributed by atoms with van der Waals surface area (Å²) < 4.78 is 0. The zero-order valence-electron chi connectivity index (χ0n) is 10.5. The van der Waals surface area contributed by atoms with Crippen molar-refractivity contribution < 1.29 is 9.78 Å². The first kappa shape index (κ1) is 19.2. The van der Waals surface area contributed by atoms with E-state index < -0.39 is 0 Å². The fraction of sp³-hybridized carbons (Fsp3) is 0. The summed E-state index contributed by atoms with van der Waals surface area (Å²) in [5.41, 5.74) is 0. The van der Waals surface area contributed by atoms with Crippen molar-refractivity contribution in [3.63, 3.8) is 0 Å². The SMILES string of the molecule is Sc1cc(OOc2cc(S)c(S)c(S)c2S)c(S)c(S)c1S. The van der Waals surface area contributed by atoms with Gasteiger partial charge in [-0.05, 0) is 0 Å². The van der Waals surface area contributed by atoms with Crippen molar-refractivity contribution in [1.82, 2.24) is 0 Å². The Balaban J connectivity index is 2.32. The first-order valence-electron chi connectivity index (χ1n) is 5.52. The standard InChI is InChI=1S/C12H10O2S8/c15-5-1-3(7(17)11(21)9(5)19)13-14-4-2-6(16)10(20)12(22)8(4)18/h1-2,15-22H. The number of hydrogen-bond acceptors (Lipinski definition) is 10. The van der Waals surface area contributed by atoms with Gasteiger partial charge in [0, 0.05) is 41.5 Å². The molecule has 0 N–H and O–H groups in total. The summed E-state index contributed by atoms with van der Waals surface area (Å²) in [6.07, 6.45) is 0. The lowest BCUT2D eigenvalue weighted by Crippen LogP contribution is -2.03. The molecule has 0 radical (unpaired) electrons. The van der Waals surface area contributed by atoms with Crippen molar-refractivity contribution in [2.75, 3.05) is 0 Å². The molecule has 10 heteroatoms. The second-order valence-corrected chi connectivity index (χ2v) is 7.69. The highest BCUT2D eigenvalue weighted by Gasteiger charge is 2.15. The zero-order valence-corrected chi connectivity index (χ0v) is 17.7. The molecule has 2 aromatic carbocycles. The molecule has 0 aliphatic heterocycles. The largest absolute Gasteiger partial charge is 0.289 e. The fourth-order valence-corrected chi connectivity index (χ4v) is 3.49. The number of benzene rings is 2. The van der Waals surface area contributed by atoms with E-state index in [4.69, 9.17) is 9.78 Å². The van der Waals surface area contributed by atoms with Crippen molar-refractivity contribution in [2.45, 2.75) is 39.2 Å². The van der Waals surface area contributed by atoms with Crippen molar-refractivity contribution in [3.05, 3.63) is 12.1 Å². The Labute approximate surface area is 172 Å². The summed E-state index contributed by atoms with van der Waals surface area (Å²) in [4.78, 5) is 15.1. The zero-order chi connectivity index (χ0) is 16.6. The average Bonchev–Trinajstić information content (AvgIpc) is 2.49. The molecule has 0 amide bonds. The van der Waals surface area contributed by atoms with Crippen LogP contribution in [-0.2, 0) is 0 Å². The Morgan fingerprint density at radius 3 is 1.09 bits per heavy atom. The molecule has 2 aromatic rings. The van der Waals surface area contributed by atoms with E-state index in [1.807, 2.05) is 0 Å². The predicted octanol–water partition coefficient (Wildman–Crippen LogP) is 5.37. The Bertz CT molecular complexity index is 683. The van der Waals surface area contributed by atoms with Gasteiger partial charge in [-0.15, -0.1) is 101 Å². The van der Waals surface area contributed by atoms with Crippen LogP contribution < -0.4 is 9.78 Å². The summed E-state index contributed by atoms with van der Waals surface area (Å²) in [5.74, 6) is 0.695. The lowest BCUT2D eigenvalue weighted by atomic mass is 10.3. The molecule has 118 valence electrons. The van der Waals surface area contributed by atoms with Crippen LogP contribution in [0.2, 0.25) is 0 Å². The third-order valence-corrected chi connectivity index (χ3v) is 7.08. The van der Waals surface area contributed by atoms with Gasteiger partial charge in [-0.2, -0.15) is 0 Å². The van der Waals surface area contributed by atoms with Crippen molar-refractivity contribution in [2.24, 2.45) is 0 Å². The van der Waals surface area contributed by atoms with E-state index in [0.29, 0.717) is 50.7 Å². The van der Waals surface area contributed by atoms with Crippen molar-refractivity contribution in [1.29, 1.82) is 0 Å². The maximum atomic E-state index is 5.32. The fourth-order valence-electron chi connectivity index (χ4n) is 1.44. The molecular weight excluding hydrogens is 433 g/mol. The monoisotopic (exact) mass is 442 g/mol. The van der Waals surface area contributed by atoms with Gasteiger partial charge in [0.2, 0.25) is 0 Å². The second-order valence-electron chi connectivity index (χ2n) is 4.05. The van der Waals surface area contributed by atoms with Crippen LogP contribution in [0, 0.1) is 0 Å². The Kier molecular flexibility index (Phi) is 6.81. The molecule has 0 heterocycles. The summed E-state index contributed by atoms with van der Waals surface area (Å²) in [7, 11) is 0. The maximum absolute atomic E-state index is 5.32. The highest BCUT2D eigenvalue weighted by molar-refractivity contribution is 7.86. The molecule has 0 fully saturated rings.